The second-order valence-corrected chi connectivity index (χ2v) is 9.82. The van der Waals surface area contributed by atoms with Crippen LogP contribution in [0.15, 0.2) is 23.1 Å². The molecule has 1 aliphatic rings. The summed E-state index contributed by atoms with van der Waals surface area (Å²) < 4.78 is 29.1. The Balaban J connectivity index is 1.98. The van der Waals surface area contributed by atoms with Crippen LogP contribution in [0.3, 0.4) is 0 Å². The molecule has 1 fully saturated rings. The Kier molecular flexibility index (Phi) is 7.05. The van der Waals surface area contributed by atoms with Crippen LogP contribution in [0.5, 0.6) is 5.75 Å². The lowest BCUT2D eigenvalue weighted by Crippen LogP contribution is -2.49. The maximum Gasteiger partial charge on any atom is 0.264 e. The minimum absolute atomic E-state index is 0.0121. The van der Waals surface area contributed by atoms with Gasteiger partial charge in [0.05, 0.1) is 6.61 Å². The molecule has 2 rings (SSSR count). The van der Waals surface area contributed by atoms with Crippen LogP contribution in [0.25, 0.3) is 0 Å². The van der Waals surface area contributed by atoms with Crippen LogP contribution in [0.2, 0.25) is 0 Å². The number of rotatable bonds is 9. The van der Waals surface area contributed by atoms with Gasteiger partial charge in [-0.2, -0.15) is 0 Å². The molecule has 152 valence electrons. The predicted molar refractivity (Wildman–Crippen MR) is 101 cm³/mol. The number of carbonyl (C=O) groups is 1. The van der Waals surface area contributed by atoms with E-state index >= 15 is 0 Å². The summed E-state index contributed by atoms with van der Waals surface area (Å²) in [5.41, 5.74) is 1.05. The second-order valence-electron chi connectivity index (χ2n) is 7.38. The molecule has 1 saturated carbocycles. The summed E-state index contributed by atoms with van der Waals surface area (Å²) in [6.07, 6.45) is 8.31. The van der Waals surface area contributed by atoms with Crippen molar-refractivity contribution in [2.24, 2.45) is 5.92 Å². The van der Waals surface area contributed by atoms with Gasteiger partial charge in [-0.15, -0.1) is 0 Å². The fourth-order valence-corrected chi connectivity index (χ4v) is 4.17. The van der Waals surface area contributed by atoms with E-state index < -0.39 is 20.5 Å². The fraction of sp³-hybridized carbons (Fsp3) is 0.667. The zero-order chi connectivity index (χ0) is 20.1. The molecule has 1 atom stereocenters. The monoisotopic (exact) mass is 400 g/mol. The minimum atomic E-state index is -3.80. The van der Waals surface area contributed by atoms with E-state index in [2.05, 4.69) is 0 Å². The van der Waals surface area contributed by atoms with Gasteiger partial charge in [0.25, 0.3) is 11.5 Å². The maximum atomic E-state index is 12.2. The standard InChI is InChI=1S/C18H28N2O6S/c1-18(17(22)19-23,27(2,24)25)9-11-20-10-7-15(13-16(20)21)26-12-8-14-5-3-4-6-14/h7,10,13-14,23H,3-6,8-9,11-12H2,1-2H3,(H,19,22). The molecule has 1 amide bonds. The molecule has 9 heteroatoms. The molecule has 2 N–H and O–H groups in total. The lowest BCUT2D eigenvalue weighted by atomic mass is 10.1. The summed E-state index contributed by atoms with van der Waals surface area (Å²) in [5.74, 6) is 0.162. The van der Waals surface area contributed by atoms with E-state index in [1.54, 1.807) is 6.07 Å². The zero-order valence-corrected chi connectivity index (χ0v) is 16.6. The van der Waals surface area contributed by atoms with Gasteiger partial charge in [-0.05, 0) is 31.7 Å². The van der Waals surface area contributed by atoms with E-state index in [0.717, 1.165) is 12.7 Å². The van der Waals surface area contributed by atoms with E-state index in [9.17, 15) is 18.0 Å². The normalized spacial score (nSPS) is 17.4. The SMILES string of the molecule is CC(CCn1ccc(OCCC2CCCC2)cc1=O)(C(=O)NO)S(C)(=O)=O. The third-order valence-electron chi connectivity index (χ3n) is 5.47. The molecule has 1 aliphatic carbocycles. The summed E-state index contributed by atoms with van der Waals surface area (Å²) in [4.78, 5) is 24.1. The minimum Gasteiger partial charge on any atom is -0.493 e. The van der Waals surface area contributed by atoms with Crippen LogP contribution in [0.4, 0.5) is 0 Å². The van der Waals surface area contributed by atoms with Crippen LogP contribution < -0.4 is 15.8 Å². The number of aromatic nitrogens is 1. The van der Waals surface area contributed by atoms with Gasteiger partial charge in [-0.25, -0.2) is 13.9 Å². The summed E-state index contributed by atoms with van der Waals surface area (Å²) in [6, 6.07) is 3.01. The highest BCUT2D eigenvalue weighted by Crippen LogP contribution is 2.27. The molecule has 1 aromatic heterocycles. The van der Waals surface area contributed by atoms with Gasteiger partial charge < -0.3 is 9.30 Å². The Labute approximate surface area is 159 Å². The third-order valence-corrected chi connectivity index (χ3v) is 7.49. The van der Waals surface area contributed by atoms with Crippen LogP contribution in [-0.2, 0) is 21.2 Å². The molecule has 8 nitrogen and oxygen atoms in total. The predicted octanol–water partition coefficient (Wildman–Crippen LogP) is 1.51. The largest absolute Gasteiger partial charge is 0.493 e. The first kappa shape index (κ1) is 21.4. The van der Waals surface area contributed by atoms with Gasteiger partial charge in [0.2, 0.25) is 0 Å². The number of carbonyl (C=O) groups excluding carboxylic acids is 1. The maximum absolute atomic E-state index is 12.2. The Morgan fingerprint density at radius 2 is 2.07 bits per heavy atom. The number of nitrogens with one attached hydrogen (secondary N) is 1. The number of hydrogen-bond donors (Lipinski definition) is 2. The van der Waals surface area contributed by atoms with Gasteiger partial charge >= 0.3 is 0 Å². The summed E-state index contributed by atoms with van der Waals surface area (Å²) in [7, 11) is -3.80. The number of pyridine rings is 1. The molecule has 0 bridgehead atoms. The summed E-state index contributed by atoms with van der Waals surface area (Å²) in [5, 5.41) is 8.83. The number of nitrogens with zero attached hydrogens (tertiary/aromatic N) is 1. The first-order valence-corrected chi connectivity index (χ1v) is 11.0. The van der Waals surface area contributed by atoms with Crippen molar-refractivity contribution >= 4 is 15.7 Å². The van der Waals surface area contributed by atoms with Gasteiger partial charge in [0.1, 0.15) is 5.75 Å². The first-order chi connectivity index (χ1) is 12.7. The van der Waals surface area contributed by atoms with E-state index in [-0.39, 0.29) is 18.5 Å². The van der Waals surface area contributed by atoms with Crippen molar-refractivity contribution in [1.82, 2.24) is 10.0 Å². The van der Waals surface area contributed by atoms with Crippen LogP contribution in [0, 0.1) is 5.92 Å². The van der Waals surface area contributed by atoms with Crippen molar-refractivity contribution in [3.8, 4) is 5.75 Å². The molecule has 1 aromatic rings. The quantitative estimate of drug-likeness (QED) is 0.480. The molecule has 0 saturated heterocycles. The molecule has 1 unspecified atom stereocenters. The molecular formula is C18H28N2O6S. The van der Waals surface area contributed by atoms with Crippen molar-refractivity contribution in [3.05, 3.63) is 28.7 Å². The van der Waals surface area contributed by atoms with Crippen LogP contribution >= 0.6 is 0 Å². The topological polar surface area (TPSA) is 115 Å². The van der Waals surface area contributed by atoms with E-state index in [1.165, 1.54) is 54.9 Å². The zero-order valence-electron chi connectivity index (χ0n) is 15.8. The second kappa shape index (κ2) is 8.88. The van der Waals surface area contributed by atoms with Gasteiger partial charge in [-0.1, -0.05) is 25.7 Å². The van der Waals surface area contributed by atoms with Crippen molar-refractivity contribution < 1.29 is 23.2 Å². The van der Waals surface area contributed by atoms with Gasteiger partial charge in [-0.3, -0.25) is 14.8 Å². The van der Waals surface area contributed by atoms with Crippen molar-refractivity contribution in [2.45, 2.75) is 56.7 Å². The Bertz CT molecular complexity index is 813. The number of sulfone groups is 1. The summed E-state index contributed by atoms with van der Waals surface area (Å²) in [6.45, 7) is 1.80. The van der Waals surface area contributed by atoms with Gasteiger partial charge in [0.15, 0.2) is 14.6 Å². The molecule has 0 aromatic carbocycles. The number of amides is 1. The van der Waals surface area contributed by atoms with Crippen molar-refractivity contribution in [2.75, 3.05) is 12.9 Å². The molecule has 27 heavy (non-hydrogen) atoms. The molecule has 0 radical (unpaired) electrons. The average Bonchev–Trinajstić information content (AvgIpc) is 3.12. The summed E-state index contributed by atoms with van der Waals surface area (Å²) >= 11 is 0. The van der Waals surface area contributed by atoms with Crippen molar-refractivity contribution in [1.29, 1.82) is 0 Å². The average molecular weight is 400 g/mol. The lowest BCUT2D eigenvalue weighted by molar-refractivity contribution is -0.131. The highest BCUT2D eigenvalue weighted by atomic mass is 32.2. The first-order valence-electron chi connectivity index (χ1n) is 9.15. The fourth-order valence-electron chi connectivity index (χ4n) is 3.33. The number of hydrogen-bond acceptors (Lipinski definition) is 6. The Hall–Kier alpha value is -1.87. The smallest absolute Gasteiger partial charge is 0.264 e. The Morgan fingerprint density at radius 3 is 2.63 bits per heavy atom. The Morgan fingerprint density at radius 1 is 1.41 bits per heavy atom. The van der Waals surface area contributed by atoms with E-state index in [1.807, 2.05) is 0 Å². The molecule has 0 spiro atoms. The number of hydroxylamine groups is 1. The van der Waals surface area contributed by atoms with Gasteiger partial charge in [0, 0.05) is 25.1 Å². The third kappa shape index (κ3) is 5.32. The van der Waals surface area contributed by atoms with Crippen molar-refractivity contribution in [3.63, 3.8) is 0 Å². The highest BCUT2D eigenvalue weighted by molar-refractivity contribution is 7.92. The molecule has 1 heterocycles. The highest BCUT2D eigenvalue weighted by Gasteiger charge is 2.43. The molecular weight excluding hydrogens is 372 g/mol. The number of aryl methyl sites for hydroxylation is 1. The van der Waals surface area contributed by atoms with Crippen LogP contribution in [-0.4, -0.2) is 41.7 Å². The van der Waals surface area contributed by atoms with E-state index in [0.29, 0.717) is 18.3 Å². The van der Waals surface area contributed by atoms with Crippen LogP contribution in [0.1, 0.15) is 45.4 Å². The molecule has 0 aliphatic heterocycles. The number of ether oxygens (including phenoxy) is 1. The van der Waals surface area contributed by atoms with E-state index in [4.69, 9.17) is 9.94 Å². The lowest BCUT2D eigenvalue weighted by Gasteiger charge is -2.25.